The van der Waals surface area contributed by atoms with Crippen molar-refractivity contribution in [2.24, 2.45) is 7.05 Å². The van der Waals surface area contributed by atoms with Crippen molar-refractivity contribution in [1.29, 1.82) is 5.26 Å². The van der Waals surface area contributed by atoms with Crippen LogP contribution in [0.1, 0.15) is 28.1 Å². The Kier molecular flexibility index (Phi) is 3.47. The molecule has 0 fully saturated rings. The van der Waals surface area contributed by atoms with E-state index < -0.39 is 0 Å². The second-order valence-corrected chi connectivity index (χ2v) is 4.69. The minimum Gasteiger partial charge on any atom is -0.336 e. The molecule has 0 N–H and O–H groups in total. The van der Waals surface area contributed by atoms with Crippen LogP contribution in [0, 0.1) is 25.2 Å². The maximum Gasteiger partial charge on any atom is 0.161 e. The second kappa shape index (κ2) is 5.05. The molecule has 0 aliphatic heterocycles. The molecule has 18 heavy (non-hydrogen) atoms. The summed E-state index contributed by atoms with van der Waals surface area (Å²) in [7, 11) is 1.94. The first-order valence-corrected chi connectivity index (χ1v) is 6.08. The monoisotopic (exact) mass is 239 g/mol. The Labute approximate surface area is 108 Å². The van der Waals surface area contributed by atoms with Gasteiger partial charge in [-0.15, -0.1) is 0 Å². The van der Waals surface area contributed by atoms with Gasteiger partial charge in [-0.05, 0) is 37.8 Å². The van der Waals surface area contributed by atoms with Crippen molar-refractivity contribution in [3.8, 4) is 6.07 Å². The molecule has 0 saturated heterocycles. The first-order chi connectivity index (χ1) is 8.61. The highest BCUT2D eigenvalue weighted by Gasteiger charge is 2.09. The number of hydrogen-bond acceptors (Lipinski definition) is 2. The second-order valence-electron chi connectivity index (χ2n) is 4.69. The van der Waals surface area contributed by atoms with Crippen LogP contribution in [0.25, 0.3) is 0 Å². The molecule has 2 rings (SSSR count). The van der Waals surface area contributed by atoms with Crippen LogP contribution in [0.15, 0.2) is 24.5 Å². The predicted molar refractivity (Wildman–Crippen MR) is 71.2 cm³/mol. The van der Waals surface area contributed by atoms with Gasteiger partial charge in [0.2, 0.25) is 0 Å². The molecule has 0 amide bonds. The first-order valence-electron chi connectivity index (χ1n) is 6.08. The zero-order chi connectivity index (χ0) is 13.1. The van der Waals surface area contributed by atoms with Crippen molar-refractivity contribution < 1.29 is 0 Å². The summed E-state index contributed by atoms with van der Waals surface area (Å²) < 4.78 is 1.93. The number of aryl methyl sites for hydroxylation is 4. The topological polar surface area (TPSA) is 41.6 Å². The van der Waals surface area contributed by atoms with Crippen LogP contribution >= 0.6 is 0 Å². The Morgan fingerprint density at radius 2 is 2.06 bits per heavy atom. The molecule has 1 heterocycles. The minimum absolute atomic E-state index is 0.544. The van der Waals surface area contributed by atoms with Gasteiger partial charge in [0.1, 0.15) is 6.07 Å². The van der Waals surface area contributed by atoms with Crippen molar-refractivity contribution in [2.75, 3.05) is 0 Å². The first kappa shape index (κ1) is 12.4. The molecule has 0 aliphatic rings. The van der Waals surface area contributed by atoms with Gasteiger partial charge in [-0.3, -0.25) is 0 Å². The Bertz CT molecular complexity index is 603. The summed E-state index contributed by atoms with van der Waals surface area (Å²) >= 11 is 0. The summed E-state index contributed by atoms with van der Waals surface area (Å²) in [6.07, 6.45) is 3.50. The van der Waals surface area contributed by atoms with Gasteiger partial charge < -0.3 is 4.57 Å². The summed E-state index contributed by atoms with van der Waals surface area (Å²) in [6, 6.07) is 8.65. The fraction of sp³-hybridized carbons (Fsp3) is 0.333. The SMILES string of the molecule is Cc1ccc(CCc2c(C#N)ncn2C)c(C)c1. The summed E-state index contributed by atoms with van der Waals surface area (Å²) in [6.45, 7) is 4.24. The van der Waals surface area contributed by atoms with Crippen molar-refractivity contribution in [3.05, 3.63) is 52.6 Å². The highest BCUT2D eigenvalue weighted by molar-refractivity contribution is 5.32. The number of nitriles is 1. The lowest BCUT2D eigenvalue weighted by Gasteiger charge is -2.07. The third kappa shape index (κ3) is 2.43. The van der Waals surface area contributed by atoms with Crippen LogP contribution in [-0.4, -0.2) is 9.55 Å². The zero-order valence-electron chi connectivity index (χ0n) is 11.1. The molecule has 0 aliphatic carbocycles. The maximum absolute atomic E-state index is 8.99. The predicted octanol–water partition coefficient (Wildman–Crippen LogP) is 2.69. The van der Waals surface area contributed by atoms with Gasteiger partial charge in [-0.25, -0.2) is 4.98 Å². The molecule has 3 nitrogen and oxygen atoms in total. The lowest BCUT2D eigenvalue weighted by molar-refractivity contribution is 0.794. The minimum atomic E-state index is 0.544. The van der Waals surface area contributed by atoms with Crippen molar-refractivity contribution >= 4 is 0 Å². The average Bonchev–Trinajstić information content (AvgIpc) is 2.69. The lowest BCUT2D eigenvalue weighted by Crippen LogP contribution is -2.01. The van der Waals surface area contributed by atoms with E-state index in [2.05, 4.69) is 43.1 Å². The molecular formula is C15H17N3. The Morgan fingerprint density at radius 1 is 1.28 bits per heavy atom. The largest absolute Gasteiger partial charge is 0.336 e. The summed E-state index contributed by atoms with van der Waals surface area (Å²) in [5.74, 6) is 0. The van der Waals surface area contributed by atoms with Crippen LogP contribution in [0.4, 0.5) is 0 Å². The molecule has 2 aromatic rings. The van der Waals surface area contributed by atoms with Crippen LogP contribution in [0.5, 0.6) is 0 Å². The molecule has 0 unspecified atom stereocenters. The molecule has 0 radical (unpaired) electrons. The number of benzene rings is 1. The Hall–Kier alpha value is -2.08. The van der Waals surface area contributed by atoms with Gasteiger partial charge in [-0.2, -0.15) is 5.26 Å². The quantitative estimate of drug-likeness (QED) is 0.826. The van der Waals surface area contributed by atoms with E-state index in [9.17, 15) is 0 Å². The van der Waals surface area contributed by atoms with E-state index in [1.165, 1.54) is 16.7 Å². The van der Waals surface area contributed by atoms with E-state index in [1.807, 2.05) is 11.6 Å². The van der Waals surface area contributed by atoms with Crippen LogP contribution < -0.4 is 0 Å². The molecule has 0 atom stereocenters. The zero-order valence-corrected chi connectivity index (χ0v) is 11.1. The number of rotatable bonds is 3. The molecular weight excluding hydrogens is 222 g/mol. The van der Waals surface area contributed by atoms with Crippen molar-refractivity contribution in [1.82, 2.24) is 9.55 Å². The number of aromatic nitrogens is 2. The van der Waals surface area contributed by atoms with Gasteiger partial charge >= 0.3 is 0 Å². The van der Waals surface area contributed by atoms with E-state index in [0.29, 0.717) is 5.69 Å². The third-order valence-electron chi connectivity index (χ3n) is 3.29. The third-order valence-corrected chi connectivity index (χ3v) is 3.29. The van der Waals surface area contributed by atoms with Gasteiger partial charge in [0.15, 0.2) is 5.69 Å². The normalized spacial score (nSPS) is 10.3. The standard InChI is InChI=1S/C15H17N3/c1-11-4-5-13(12(2)8-11)6-7-15-14(9-16)17-10-18(15)3/h4-5,8,10H,6-7H2,1-3H3. The Morgan fingerprint density at radius 3 is 2.72 bits per heavy atom. The number of imidazole rings is 1. The number of nitrogens with zero attached hydrogens (tertiary/aromatic N) is 3. The molecule has 0 saturated carbocycles. The van der Waals surface area contributed by atoms with Gasteiger partial charge in [0.25, 0.3) is 0 Å². The Balaban J connectivity index is 2.17. The van der Waals surface area contributed by atoms with Crippen LogP contribution in [-0.2, 0) is 19.9 Å². The molecule has 1 aromatic heterocycles. The fourth-order valence-corrected chi connectivity index (χ4v) is 2.22. The van der Waals surface area contributed by atoms with E-state index in [0.717, 1.165) is 18.5 Å². The lowest BCUT2D eigenvalue weighted by atomic mass is 10.0. The molecule has 1 aromatic carbocycles. The van der Waals surface area contributed by atoms with Gasteiger partial charge in [0, 0.05) is 7.05 Å². The highest BCUT2D eigenvalue weighted by Crippen LogP contribution is 2.15. The molecule has 0 spiro atoms. The number of hydrogen-bond donors (Lipinski definition) is 0. The van der Waals surface area contributed by atoms with Crippen molar-refractivity contribution in [3.63, 3.8) is 0 Å². The van der Waals surface area contributed by atoms with E-state index in [-0.39, 0.29) is 0 Å². The molecule has 0 bridgehead atoms. The van der Waals surface area contributed by atoms with Gasteiger partial charge in [-0.1, -0.05) is 23.8 Å². The fourth-order valence-electron chi connectivity index (χ4n) is 2.22. The van der Waals surface area contributed by atoms with Gasteiger partial charge in [0.05, 0.1) is 12.0 Å². The average molecular weight is 239 g/mol. The maximum atomic E-state index is 8.99. The summed E-state index contributed by atoms with van der Waals surface area (Å²) in [5, 5.41) is 8.99. The summed E-state index contributed by atoms with van der Waals surface area (Å²) in [5.41, 5.74) is 5.50. The van der Waals surface area contributed by atoms with E-state index in [1.54, 1.807) is 6.33 Å². The van der Waals surface area contributed by atoms with E-state index in [4.69, 9.17) is 5.26 Å². The van der Waals surface area contributed by atoms with Crippen molar-refractivity contribution in [2.45, 2.75) is 26.7 Å². The molecule has 3 heteroatoms. The smallest absolute Gasteiger partial charge is 0.161 e. The molecule has 92 valence electrons. The summed E-state index contributed by atoms with van der Waals surface area (Å²) in [4.78, 5) is 4.08. The van der Waals surface area contributed by atoms with Crippen LogP contribution in [0.2, 0.25) is 0 Å². The van der Waals surface area contributed by atoms with E-state index >= 15 is 0 Å². The highest BCUT2D eigenvalue weighted by atomic mass is 15.0. The van der Waals surface area contributed by atoms with Crippen LogP contribution in [0.3, 0.4) is 0 Å².